The van der Waals surface area contributed by atoms with Crippen LogP contribution in [-0.2, 0) is 11.2 Å². The summed E-state index contributed by atoms with van der Waals surface area (Å²) in [5, 5.41) is 8.02. The van der Waals surface area contributed by atoms with Crippen molar-refractivity contribution in [3.05, 3.63) is 53.7 Å². The minimum Gasteiger partial charge on any atom is -0.473 e. The molecule has 0 bridgehead atoms. The van der Waals surface area contributed by atoms with Gasteiger partial charge in [-0.15, -0.1) is 5.10 Å². The fourth-order valence-electron chi connectivity index (χ4n) is 2.73. The van der Waals surface area contributed by atoms with Crippen LogP contribution in [0.25, 0.3) is 0 Å². The summed E-state index contributed by atoms with van der Waals surface area (Å²) < 4.78 is 5.85. The van der Waals surface area contributed by atoms with Crippen LogP contribution in [0.4, 0.5) is 0 Å². The number of ether oxygens (including phenoxy) is 1. The van der Waals surface area contributed by atoms with Crippen LogP contribution in [0.15, 0.2) is 42.5 Å². The number of piperidine rings is 1. The van der Waals surface area contributed by atoms with E-state index in [1.54, 1.807) is 0 Å². The van der Waals surface area contributed by atoms with E-state index in [9.17, 15) is 4.79 Å². The molecule has 1 aliphatic heterocycles. The SMILES string of the molecule is Cc1ccc(OC2CCN(C(=O)Cc3ccccc3)CC2)nn1. The normalized spacial score (nSPS) is 15.4. The highest BCUT2D eigenvalue weighted by molar-refractivity contribution is 5.78. The third-order valence-electron chi connectivity index (χ3n) is 4.05. The predicted molar refractivity (Wildman–Crippen MR) is 87.1 cm³/mol. The van der Waals surface area contributed by atoms with Gasteiger partial charge in [-0.05, 0) is 18.6 Å². The minimum absolute atomic E-state index is 0.104. The molecular formula is C18H21N3O2. The molecular weight excluding hydrogens is 290 g/mol. The molecule has 0 saturated carbocycles. The second-order valence-corrected chi connectivity index (χ2v) is 5.87. The van der Waals surface area contributed by atoms with E-state index in [-0.39, 0.29) is 12.0 Å². The lowest BCUT2D eigenvalue weighted by atomic mass is 10.1. The molecule has 5 heteroatoms. The number of hydrogen-bond acceptors (Lipinski definition) is 4. The van der Waals surface area contributed by atoms with E-state index in [2.05, 4.69) is 10.2 Å². The van der Waals surface area contributed by atoms with Crippen molar-refractivity contribution in [1.29, 1.82) is 0 Å². The van der Waals surface area contributed by atoms with Crippen molar-refractivity contribution in [2.24, 2.45) is 0 Å². The van der Waals surface area contributed by atoms with E-state index in [1.807, 2.05) is 54.3 Å². The quantitative estimate of drug-likeness (QED) is 0.870. The van der Waals surface area contributed by atoms with E-state index in [4.69, 9.17) is 4.74 Å². The molecule has 1 saturated heterocycles. The smallest absolute Gasteiger partial charge is 0.233 e. The highest BCUT2D eigenvalue weighted by atomic mass is 16.5. The van der Waals surface area contributed by atoms with Crippen LogP contribution in [0, 0.1) is 6.92 Å². The standard InChI is InChI=1S/C18H21N3O2/c1-14-7-8-17(20-19-14)23-16-9-11-21(12-10-16)18(22)13-15-5-3-2-4-6-15/h2-8,16H,9-13H2,1H3. The Morgan fingerprint density at radius 2 is 1.87 bits per heavy atom. The Bertz CT molecular complexity index is 635. The van der Waals surface area contributed by atoms with E-state index in [0.29, 0.717) is 12.3 Å². The maximum Gasteiger partial charge on any atom is 0.233 e. The number of benzene rings is 1. The summed E-state index contributed by atoms with van der Waals surface area (Å²) in [6.45, 7) is 3.36. The lowest BCUT2D eigenvalue weighted by molar-refractivity contribution is -0.132. The topological polar surface area (TPSA) is 55.3 Å². The van der Waals surface area contributed by atoms with Gasteiger partial charge in [0.25, 0.3) is 0 Å². The molecule has 1 aromatic carbocycles. The van der Waals surface area contributed by atoms with Crippen LogP contribution >= 0.6 is 0 Å². The Morgan fingerprint density at radius 1 is 1.13 bits per heavy atom. The summed E-state index contributed by atoms with van der Waals surface area (Å²) in [4.78, 5) is 14.3. The second kappa shape index (κ2) is 7.22. The summed E-state index contributed by atoms with van der Waals surface area (Å²) in [6.07, 6.45) is 2.23. The average molecular weight is 311 g/mol. The molecule has 1 fully saturated rings. The Morgan fingerprint density at radius 3 is 2.52 bits per heavy atom. The fourth-order valence-corrected chi connectivity index (χ4v) is 2.73. The Kier molecular flexibility index (Phi) is 4.86. The van der Waals surface area contributed by atoms with Gasteiger partial charge in [0, 0.05) is 32.0 Å². The van der Waals surface area contributed by atoms with Crippen molar-refractivity contribution in [2.45, 2.75) is 32.3 Å². The lowest BCUT2D eigenvalue weighted by Gasteiger charge is -2.32. The zero-order chi connectivity index (χ0) is 16.1. The fraction of sp³-hybridized carbons (Fsp3) is 0.389. The summed E-state index contributed by atoms with van der Waals surface area (Å²) >= 11 is 0. The molecule has 1 aliphatic rings. The number of hydrogen-bond donors (Lipinski definition) is 0. The molecule has 1 aromatic heterocycles. The van der Waals surface area contributed by atoms with Crippen molar-refractivity contribution < 1.29 is 9.53 Å². The molecule has 0 radical (unpaired) electrons. The number of carbonyl (C=O) groups is 1. The molecule has 0 aliphatic carbocycles. The monoisotopic (exact) mass is 311 g/mol. The molecule has 120 valence electrons. The molecule has 0 atom stereocenters. The number of rotatable bonds is 4. The van der Waals surface area contributed by atoms with Crippen LogP contribution in [0.1, 0.15) is 24.1 Å². The van der Waals surface area contributed by atoms with Gasteiger partial charge in [-0.3, -0.25) is 4.79 Å². The van der Waals surface area contributed by atoms with Crippen molar-refractivity contribution in [1.82, 2.24) is 15.1 Å². The van der Waals surface area contributed by atoms with Crippen molar-refractivity contribution in [3.63, 3.8) is 0 Å². The summed E-state index contributed by atoms with van der Waals surface area (Å²) in [5.74, 6) is 0.745. The van der Waals surface area contributed by atoms with Crippen LogP contribution in [0.5, 0.6) is 5.88 Å². The van der Waals surface area contributed by atoms with E-state index < -0.39 is 0 Å². The van der Waals surface area contributed by atoms with Crippen molar-refractivity contribution in [2.75, 3.05) is 13.1 Å². The number of amides is 1. The third kappa shape index (κ3) is 4.28. The summed E-state index contributed by atoms with van der Waals surface area (Å²) in [5.41, 5.74) is 1.93. The van der Waals surface area contributed by atoms with Gasteiger partial charge in [0.05, 0.1) is 12.1 Å². The van der Waals surface area contributed by atoms with Crippen molar-refractivity contribution >= 4 is 5.91 Å². The third-order valence-corrected chi connectivity index (χ3v) is 4.05. The van der Waals surface area contributed by atoms with Gasteiger partial charge in [0.15, 0.2) is 0 Å². The molecule has 0 N–H and O–H groups in total. The van der Waals surface area contributed by atoms with Gasteiger partial charge in [-0.25, -0.2) is 0 Å². The Hall–Kier alpha value is -2.43. The van der Waals surface area contributed by atoms with E-state index in [1.165, 1.54) is 0 Å². The first-order chi connectivity index (χ1) is 11.2. The van der Waals surface area contributed by atoms with Crippen LogP contribution < -0.4 is 4.74 Å². The maximum absolute atomic E-state index is 12.3. The first-order valence-electron chi connectivity index (χ1n) is 7.99. The van der Waals surface area contributed by atoms with E-state index in [0.717, 1.165) is 37.2 Å². The molecule has 0 unspecified atom stereocenters. The first kappa shape index (κ1) is 15.5. The molecule has 2 aromatic rings. The van der Waals surface area contributed by atoms with Crippen LogP contribution in [0.2, 0.25) is 0 Å². The summed E-state index contributed by atoms with van der Waals surface area (Å²) in [7, 11) is 0. The molecule has 23 heavy (non-hydrogen) atoms. The van der Waals surface area contributed by atoms with Gasteiger partial charge in [0.1, 0.15) is 6.10 Å². The zero-order valence-electron chi connectivity index (χ0n) is 13.3. The number of likely N-dealkylation sites (tertiary alicyclic amines) is 1. The van der Waals surface area contributed by atoms with Gasteiger partial charge >= 0.3 is 0 Å². The first-order valence-corrected chi connectivity index (χ1v) is 7.99. The molecule has 2 heterocycles. The van der Waals surface area contributed by atoms with Gasteiger partial charge < -0.3 is 9.64 Å². The Labute approximate surface area is 136 Å². The van der Waals surface area contributed by atoms with Crippen LogP contribution in [0.3, 0.4) is 0 Å². The molecule has 3 rings (SSSR count). The lowest BCUT2D eigenvalue weighted by Crippen LogP contribution is -2.42. The molecule has 0 spiro atoms. The van der Waals surface area contributed by atoms with Gasteiger partial charge in [-0.2, -0.15) is 5.10 Å². The maximum atomic E-state index is 12.3. The number of carbonyl (C=O) groups excluding carboxylic acids is 1. The Balaban J connectivity index is 1.48. The van der Waals surface area contributed by atoms with Crippen molar-refractivity contribution in [3.8, 4) is 5.88 Å². The largest absolute Gasteiger partial charge is 0.473 e. The highest BCUT2D eigenvalue weighted by Gasteiger charge is 2.24. The zero-order valence-corrected chi connectivity index (χ0v) is 13.3. The minimum atomic E-state index is 0.104. The van der Waals surface area contributed by atoms with Gasteiger partial charge in [-0.1, -0.05) is 30.3 Å². The van der Waals surface area contributed by atoms with E-state index >= 15 is 0 Å². The average Bonchev–Trinajstić information content (AvgIpc) is 2.58. The molecule has 5 nitrogen and oxygen atoms in total. The summed E-state index contributed by atoms with van der Waals surface area (Å²) in [6, 6.07) is 13.6. The highest BCUT2D eigenvalue weighted by Crippen LogP contribution is 2.17. The molecule has 1 amide bonds. The number of aryl methyl sites for hydroxylation is 1. The number of nitrogens with zero attached hydrogens (tertiary/aromatic N) is 3. The second-order valence-electron chi connectivity index (χ2n) is 5.87. The van der Waals surface area contributed by atoms with Gasteiger partial charge in [0.2, 0.25) is 11.8 Å². The predicted octanol–water partition coefficient (Wildman–Crippen LogP) is 2.40. The number of aromatic nitrogens is 2. The van der Waals surface area contributed by atoms with Crippen LogP contribution in [-0.4, -0.2) is 40.2 Å².